The van der Waals surface area contributed by atoms with Crippen LogP contribution < -0.4 is 0 Å². The van der Waals surface area contributed by atoms with Crippen molar-refractivity contribution in [2.45, 2.75) is 86.9 Å². The Kier molecular flexibility index (Phi) is 8.69. The number of ether oxygens (including phenoxy) is 3. The molecule has 2 fully saturated rings. The standard InChI is InChI=1S/C18H32O12/c1-2-3-4-5-11(22)18(16(27)14(25)12(23)9(6-19)29-18)30-17(8-21)15(26)13(24)10(7-20)28-17/h9-10,12-16,19-21,23-27H,2-8H2,1H3/t9-,10-,12-,13-,14+,15+,16-,17?,18+/m1/s1. The number of carbonyl (C=O) groups excluding carboxylic acids is 1. The Balaban J connectivity index is 2.47. The number of aliphatic hydroxyl groups excluding tert-OH is 8. The topological polar surface area (TPSA) is 207 Å². The van der Waals surface area contributed by atoms with Crippen molar-refractivity contribution in [2.75, 3.05) is 19.8 Å². The molecule has 0 saturated carbocycles. The minimum Gasteiger partial charge on any atom is -0.394 e. The van der Waals surface area contributed by atoms with Gasteiger partial charge < -0.3 is 55.1 Å². The summed E-state index contributed by atoms with van der Waals surface area (Å²) in [6.45, 7) is -0.838. The van der Waals surface area contributed by atoms with E-state index in [-0.39, 0.29) is 6.42 Å². The summed E-state index contributed by atoms with van der Waals surface area (Å²) < 4.78 is 16.3. The lowest BCUT2D eigenvalue weighted by Crippen LogP contribution is -2.72. The minimum absolute atomic E-state index is 0.199. The summed E-state index contributed by atoms with van der Waals surface area (Å²) in [7, 11) is 0. The average Bonchev–Trinajstić information content (AvgIpc) is 2.99. The van der Waals surface area contributed by atoms with E-state index in [0.717, 1.165) is 6.42 Å². The van der Waals surface area contributed by atoms with Crippen LogP contribution in [0.5, 0.6) is 0 Å². The molecule has 2 rings (SSSR count). The van der Waals surface area contributed by atoms with E-state index in [2.05, 4.69) is 0 Å². The van der Waals surface area contributed by atoms with Crippen LogP contribution in [0.4, 0.5) is 0 Å². The van der Waals surface area contributed by atoms with Crippen molar-refractivity contribution in [1.82, 2.24) is 0 Å². The fourth-order valence-electron chi connectivity index (χ4n) is 3.73. The second-order valence-corrected chi connectivity index (χ2v) is 7.66. The van der Waals surface area contributed by atoms with Gasteiger partial charge in [-0.3, -0.25) is 4.79 Å². The largest absolute Gasteiger partial charge is 0.394 e. The van der Waals surface area contributed by atoms with Crippen molar-refractivity contribution in [3.63, 3.8) is 0 Å². The maximum Gasteiger partial charge on any atom is 0.261 e. The molecular weight excluding hydrogens is 408 g/mol. The zero-order valence-corrected chi connectivity index (χ0v) is 16.7. The zero-order valence-electron chi connectivity index (χ0n) is 16.7. The number of rotatable bonds is 10. The van der Waals surface area contributed by atoms with Crippen molar-refractivity contribution in [2.24, 2.45) is 0 Å². The minimum atomic E-state index is -2.74. The lowest BCUT2D eigenvalue weighted by Gasteiger charge is -2.50. The molecule has 2 heterocycles. The summed E-state index contributed by atoms with van der Waals surface area (Å²) in [5, 5.41) is 80.1. The molecule has 12 nitrogen and oxygen atoms in total. The predicted octanol–water partition coefficient (Wildman–Crippen LogP) is -3.88. The first kappa shape index (κ1) is 25.5. The van der Waals surface area contributed by atoms with Crippen LogP contribution in [0.15, 0.2) is 0 Å². The van der Waals surface area contributed by atoms with E-state index in [0.29, 0.717) is 12.8 Å². The van der Waals surface area contributed by atoms with E-state index >= 15 is 0 Å². The van der Waals surface area contributed by atoms with Crippen LogP contribution in [0.2, 0.25) is 0 Å². The van der Waals surface area contributed by atoms with Crippen molar-refractivity contribution < 1.29 is 59.9 Å². The number of unbranched alkanes of at least 4 members (excludes halogenated alkanes) is 2. The van der Waals surface area contributed by atoms with Crippen LogP contribution in [0.3, 0.4) is 0 Å². The monoisotopic (exact) mass is 440 g/mol. The van der Waals surface area contributed by atoms with Crippen molar-refractivity contribution in [1.29, 1.82) is 0 Å². The Morgan fingerprint density at radius 3 is 1.97 bits per heavy atom. The first-order valence-corrected chi connectivity index (χ1v) is 9.96. The quantitative estimate of drug-likeness (QED) is 0.154. The fraction of sp³-hybridized carbons (Fsp3) is 0.944. The normalized spacial score (nSPS) is 44.4. The van der Waals surface area contributed by atoms with Gasteiger partial charge in [-0.15, -0.1) is 0 Å². The van der Waals surface area contributed by atoms with Gasteiger partial charge in [0.25, 0.3) is 5.79 Å². The molecule has 0 aromatic rings. The van der Waals surface area contributed by atoms with E-state index in [1.807, 2.05) is 6.92 Å². The van der Waals surface area contributed by atoms with Gasteiger partial charge in [-0.1, -0.05) is 19.8 Å². The van der Waals surface area contributed by atoms with Gasteiger partial charge in [-0.05, 0) is 6.42 Å². The molecule has 0 radical (unpaired) electrons. The number of Topliss-reactive ketones (excluding diaryl/α,β-unsaturated/α-hetero) is 1. The number of carbonyl (C=O) groups is 1. The van der Waals surface area contributed by atoms with E-state index in [1.54, 1.807) is 0 Å². The third kappa shape index (κ3) is 4.40. The fourth-order valence-corrected chi connectivity index (χ4v) is 3.73. The SMILES string of the molecule is CCCCCC(=O)[C@@]1(OC2(CO)O[C@H](CO)[C@@H](O)[C@@H]2O)O[C@H](CO)[C@@H](O)[C@H](O)[C@H]1O. The summed E-state index contributed by atoms with van der Waals surface area (Å²) in [6, 6.07) is 0. The third-order valence-electron chi connectivity index (χ3n) is 5.58. The van der Waals surface area contributed by atoms with Gasteiger partial charge >= 0.3 is 0 Å². The second-order valence-electron chi connectivity index (χ2n) is 7.66. The van der Waals surface area contributed by atoms with E-state index < -0.39 is 79.9 Å². The van der Waals surface area contributed by atoms with Crippen LogP contribution in [0, 0.1) is 0 Å². The van der Waals surface area contributed by atoms with Gasteiger partial charge in [0, 0.05) is 6.42 Å². The number of hydrogen-bond acceptors (Lipinski definition) is 12. The molecule has 0 amide bonds. The summed E-state index contributed by atoms with van der Waals surface area (Å²) >= 11 is 0. The molecular formula is C18H32O12. The van der Waals surface area contributed by atoms with Gasteiger partial charge in [-0.2, -0.15) is 0 Å². The molecule has 2 aliphatic heterocycles. The highest BCUT2D eigenvalue weighted by atomic mass is 16.8. The molecule has 2 saturated heterocycles. The maximum atomic E-state index is 13.1. The second kappa shape index (κ2) is 10.2. The molecule has 0 aromatic carbocycles. The van der Waals surface area contributed by atoms with Crippen LogP contribution in [-0.4, -0.2) is 121 Å². The molecule has 12 heteroatoms. The third-order valence-corrected chi connectivity index (χ3v) is 5.58. The van der Waals surface area contributed by atoms with Crippen molar-refractivity contribution in [3.05, 3.63) is 0 Å². The molecule has 1 unspecified atom stereocenters. The van der Waals surface area contributed by atoms with E-state index in [4.69, 9.17) is 14.2 Å². The molecule has 2 aliphatic rings. The molecule has 9 atom stereocenters. The van der Waals surface area contributed by atoms with Crippen molar-refractivity contribution >= 4 is 5.78 Å². The van der Waals surface area contributed by atoms with Crippen LogP contribution in [0.1, 0.15) is 32.6 Å². The zero-order chi connectivity index (χ0) is 22.7. The Labute approximate surface area is 173 Å². The Morgan fingerprint density at radius 2 is 1.47 bits per heavy atom. The molecule has 176 valence electrons. The summed E-state index contributed by atoms with van der Waals surface area (Å²) in [5.41, 5.74) is 0. The van der Waals surface area contributed by atoms with Gasteiger partial charge in [0.2, 0.25) is 5.79 Å². The van der Waals surface area contributed by atoms with Gasteiger partial charge in [0.05, 0.1) is 13.2 Å². The Hall–Kier alpha value is -0.770. The van der Waals surface area contributed by atoms with E-state index in [9.17, 15) is 45.6 Å². The average molecular weight is 440 g/mol. The summed E-state index contributed by atoms with van der Waals surface area (Å²) in [4.78, 5) is 13.1. The number of ketones is 1. The summed E-state index contributed by atoms with van der Waals surface area (Å²) in [5.74, 6) is -6.14. The molecule has 0 spiro atoms. The smallest absolute Gasteiger partial charge is 0.261 e. The molecule has 0 aliphatic carbocycles. The van der Waals surface area contributed by atoms with Crippen LogP contribution >= 0.6 is 0 Å². The lowest BCUT2D eigenvalue weighted by molar-refractivity contribution is -0.416. The molecule has 8 N–H and O–H groups in total. The highest BCUT2D eigenvalue weighted by Gasteiger charge is 2.65. The number of aliphatic hydroxyl groups is 8. The lowest BCUT2D eigenvalue weighted by atomic mass is 9.87. The first-order chi connectivity index (χ1) is 14.1. The summed E-state index contributed by atoms with van der Waals surface area (Å²) in [6.07, 6.45) is -11.0. The highest BCUT2D eigenvalue weighted by molar-refractivity contribution is 5.87. The molecule has 30 heavy (non-hydrogen) atoms. The highest BCUT2D eigenvalue weighted by Crippen LogP contribution is 2.42. The van der Waals surface area contributed by atoms with Gasteiger partial charge in [0.1, 0.15) is 49.3 Å². The predicted molar refractivity (Wildman–Crippen MR) is 96.7 cm³/mol. The van der Waals surface area contributed by atoms with Crippen LogP contribution in [0.25, 0.3) is 0 Å². The molecule has 0 aromatic heterocycles. The maximum absolute atomic E-state index is 13.1. The van der Waals surface area contributed by atoms with Gasteiger partial charge in [0.15, 0.2) is 5.78 Å². The van der Waals surface area contributed by atoms with Crippen LogP contribution in [-0.2, 0) is 19.0 Å². The Morgan fingerprint density at radius 1 is 0.867 bits per heavy atom. The first-order valence-electron chi connectivity index (χ1n) is 9.96. The van der Waals surface area contributed by atoms with Gasteiger partial charge in [-0.25, -0.2) is 0 Å². The molecule has 0 bridgehead atoms. The van der Waals surface area contributed by atoms with E-state index in [1.165, 1.54) is 0 Å². The van der Waals surface area contributed by atoms with Crippen molar-refractivity contribution in [3.8, 4) is 0 Å². The number of hydrogen-bond donors (Lipinski definition) is 8. The Bertz CT molecular complexity index is 573.